The maximum Gasteiger partial charge on any atom is 0.281 e. The molecule has 1 heterocycles. The Bertz CT molecular complexity index is 291. The second-order valence-electron chi connectivity index (χ2n) is 3.47. The van der Waals surface area contributed by atoms with E-state index in [1.807, 2.05) is 6.07 Å². The van der Waals surface area contributed by atoms with Gasteiger partial charge in [0.25, 0.3) is 5.91 Å². The van der Waals surface area contributed by atoms with E-state index in [9.17, 15) is 4.79 Å². The molecule has 0 aromatic carbocycles. The summed E-state index contributed by atoms with van der Waals surface area (Å²) in [4.78, 5) is 14.0. The maximum atomic E-state index is 11.0. The lowest BCUT2D eigenvalue weighted by Gasteiger charge is -2.01. The molecule has 1 rings (SSSR count). The SMILES string of the molecule is CC(C)Cc1ccc(C(=O)NN)[nH]1. The molecule has 0 atom stereocenters. The standard InChI is InChI=1S/C9H15N3O/c1-6(2)5-7-3-4-8(11-7)9(13)12-10/h3-4,6,11H,5,10H2,1-2H3,(H,12,13). The van der Waals surface area contributed by atoms with E-state index in [0.717, 1.165) is 12.1 Å². The number of carbonyl (C=O) groups excluding carboxylic acids is 1. The van der Waals surface area contributed by atoms with Gasteiger partial charge in [0, 0.05) is 5.69 Å². The molecule has 72 valence electrons. The van der Waals surface area contributed by atoms with Crippen molar-refractivity contribution < 1.29 is 4.79 Å². The van der Waals surface area contributed by atoms with Gasteiger partial charge in [-0.2, -0.15) is 0 Å². The van der Waals surface area contributed by atoms with Gasteiger partial charge in [0.2, 0.25) is 0 Å². The molecule has 0 unspecified atom stereocenters. The molecule has 0 aliphatic rings. The highest BCUT2D eigenvalue weighted by molar-refractivity contribution is 5.91. The van der Waals surface area contributed by atoms with E-state index in [4.69, 9.17) is 5.84 Å². The number of aromatic nitrogens is 1. The molecular formula is C9H15N3O. The van der Waals surface area contributed by atoms with Crippen LogP contribution in [0.1, 0.15) is 30.0 Å². The van der Waals surface area contributed by atoms with Crippen molar-refractivity contribution in [1.82, 2.24) is 10.4 Å². The fourth-order valence-corrected chi connectivity index (χ4v) is 1.21. The van der Waals surface area contributed by atoms with Crippen molar-refractivity contribution in [1.29, 1.82) is 0 Å². The maximum absolute atomic E-state index is 11.0. The highest BCUT2D eigenvalue weighted by Gasteiger charge is 2.06. The molecule has 0 saturated heterocycles. The largest absolute Gasteiger partial charge is 0.354 e. The normalized spacial score (nSPS) is 10.5. The quantitative estimate of drug-likeness (QED) is 0.367. The molecule has 0 aliphatic heterocycles. The molecule has 0 radical (unpaired) electrons. The van der Waals surface area contributed by atoms with Crippen LogP contribution in [0, 0.1) is 5.92 Å². The molecule has 0 spiro atoms. The zero-order valence-corrected chi connectivity index (χ0v) is 7.92. The number of nitrogens with one attached hydrogen (secondary N) is 2. The van der Waals surface area contributed by atoms with Crippen LogP contribution in [0.3, 0.4) is 0 Å². The third-order valence-corrected chi connectivity index (χ3v) is 1.75. The average Bonchev–Trinajstić information content (AvgIpc) is 2.50. The van der Waals surface area contributed by atoms with Crippen LogP contribution in [0.2, 0.25) is 0 Å². The number of amides is 1. The van der Waals surface area contributed by atoms with E-state index in [-0.39, 0.29) is 5.91 Å². The van der Waals surface area contributed by atoms with E-state index in [2.05, 4.69) is 24.3 Å². The van der Waals surface area contributed by atoms with Gasteiger partial charge in [-0.05, 0) is 24.5 Å². The summed E-state index contributed by atoms with van der Waals surface area (Å²) in [7, 11) is 0. The van der Waals surface area contributed by atoms with Gasteiger partial charge in [-0.15, -0.1) is 0 Å². The molecule has 0 bridgehead atoms. The zero-order chi connectivity index (χ0) is 9.84. The number of hydrogen-bond donors (Lipinski definition) is 3. The third kappa shape index (κ3) is 2.59. The van der Waals surface area contributed by atoms with Crippen LogP contribution < -0.4 is 11.3 Å². The van der Waals surface area contributed by atoms with Crippen molar-refractivity contribution in [2.75, 3.05) is 0 Å². The molecule has 0 fully saturated rings. The summed E-state index contributed by atoms with van der Waals surface area (Å²) in [6.45, 7) is 4.26. The van der Waals surface area contributed by atoms with Crippen molar-refractivity contribution in [3.8, 4) is 0 Å². The fraction of sp³-hybridized carbons (Fsp3) is 0.444. The van der Waals surface area contributed by atoms with E-state index < -0.39 is 0 Å². The number of hydrazine groups is 1. The first-order valence-electron chi connectivity index (χ1n) is 4.32. The molecule has 1 amide bonds. The second kappa shape index (κ2) is 4.09. The van der Waals surface area contributed by atoms with Crippen molar-refractivity contribution in [3.63, 3.8) is 0 Å². The number of nitrogen functional groups attached to an aromatic ring is 1. The van der Waals surface area contributed by atoms with Crippen molar-refractivity contribution in [3.05, 3.63) is 23.5 Å². The average molecular weight is 181 g/mol. The number of carbonyl (C=O) groups is 1. The first-order valence-corrected chi connectivity index (χ1v) is 4.32. The summed E-state index contributed by atoms with van der Waals surface area (Å²) in [5.41, 5.74) is 3.65. The molecule has 1 aromatic heterocycles. The number of rotatable bonds is 3. The number of H-pyrrole nitrogens is 1. The van der Waals surface area contributed by atoms with Gasteiger partial charge in [0.15, 0.2) is 0 Å². The summed E-state index contributed by atoms with van der Waals surface area (Å²) >= 11 is 0. The predicted molar refractivity (Wildman–Crippen MR) is 51.0 cm³/mol. The molecule has 1 aromatic rings. The Hall–Kier alpha value is -1.29. The van der Waals surface area contributed by atoms with E-state index in [1.54, 1.807) is 6.07 Å². The summed E-state index contributed by atoms with van der Waals surface area (Å²) < 4.78 is 0. The van der Waals surface area contributed by atoms with Crippen molar-refractivity contribution in [2.45, 2.75) is 20.3 Å². The first-order chi connectivity index (χ1) is 6.13. The number of nitrogens with two attached hydrogens (primary N) is 1. The minimum Gasteiger partial charge on any atom is -0.354 e. The monoisotopic (exact) mass is 181 g/mol. The molecule has 4 nitrogen and oxygen atoms in total. The minimum absolute atomic E-state index is 0.282. The van der Waals surface area contributed by atoms with Gasteiger partial charge in [-0.1, -0.05) is 13.8 Å². The van der Waals surface area contributed by atoms with Gasteiger partial charge in [0.05, 0.1) is 0 Å². The smallest absolute Gasteiger partial charge is 0.281 e. The minimum atomic E-state index is -0.282. The molecule has 0 saturated carbocycles. The zero-order valence-electron chi connectivity index (χ0n) is 7.92. The molecule has 4 N–H and O–H groups in total. The highest BCUT2D eigenvalue weighted by atomic mass is 16.2. The predicted octanol–water partition coefficient (Wildman–Crippen LogP) is 0.817. The third-order valence-electron chi connectivity index (χ3n) is 1.75. The Morgan fingerprint density at radius 1 is 1.62 bits per heavy atom. The van der Waals surface area contributed by atoms with E-state index >= 15 is 0 Å². The summed E-state index contributed by atoms with van der Waals surface area (Å²) in [5.74, 6) is 5.29. The summed E-state index contributed by atoms with van der Waals surface area (Å²) in [5, 5.41) is 0. The fourth-order valence-electron chi connectivity index (χ4n) is 1.21. The van der Waals surface area contributed by atoms with E-state index in [1.165, 1.54) is 0 Å². The van der Waals surface area contributed by atoms with E-state index in [0.29, 0.717) is 11.6 Å². The van der Waals surface area contributed by atoms with Gasteiger partial charge < -0.3 is 4.98 Å². The molecular weight excluding hydrogens is 166 g/mol. The lowest BCUT2D eigenvalue weighted by atomic mass is 10.1. The van der Waals surface area contributed by atoms with Crippen molar-refractivity contribution >= 4 is 5.91 Å². The van der Waals surface area contributed by atoms with Gasteiger partial charge >= 0.3 is 0 Å². The molecule has 13 heavy (non-hydrogen) atoms. The highest BCUT2D eigenvalue weighted by Crippen LogP contribution is 2.07. The first kappa shape index (κ1) is 9.80. The molecule has 4 heteroatoms. The number of aromatic amines is 1. The van der Waals surface area contributed by atoms with Crippen LogP contribution >= 0.6 is 0 Å². The summed E-state index contributed by atoms with van der Waals surface area (Å²) in [6.07, 6.45) is 0.942. The van der Waals surface area contributed by atoms with Crippen LogP contribution in [0.15, 0.2) is 12.1 Å². The van der Waals surface area contributed by atoms with Crippen LogP contribution in [0.25, 0.3) is 0 Å². The Morgan fingerprint density at radius 3 is 2.85 bits per heavy atom. The lowest BCUT2D eigenvalue weighted by Crippen LogP contribution is -2.30. The topological polar surface area (TPSA) is 70.9 Å². The van der Waals surface area contributed by atoms with Crippen LogP contribution in [0.4, 0.5) is 0 Å². The van der Waals surface area contributed by atoms with Crippen LogP contribution in [0.5, 0.6) is 0 Å². The summed E-state index contributed by atoms with van der Waals surface area (Å²) in [6, 6.07) is 3.64. The van der Waals surface area contributed by atoms with Gasteiger partial charge in [-0.25, -0.2) is 5.84 Å². The molecule has 0 aliphatic carbocycles. The Balaban J connectivity index is 2.69. The second-order valence-corrected chi connectivity index (χ2v) is 3.47. The Labute approximate surface area is 77.5 Å². The van der Waals surface area contributed by atoms with Gasteiger partial charge in [0.1, 0.15) is 5.69 Å². The van der Waals surface area contributed by atoms with Gasteiger partial charge in [-0.3, -0.25) is 10.2 Å². The lowest BCUT2D eigenvalue weighted by molar-refractivity contribution is 0.0949. The Morgan fingerprint density at radius 2 is 2.31 bits per heavy atom. The van der Waals surface area contributed by atoms with Crippen LogP contribution in [-0.2, 0) is 6.42 Å². The Kier molecular flexibility index (Phi) is 3.08. The number of hydrogen-bond acceptors (Lipinski definition) is 2. The van der Waals surface area contributed by atoms with Crippen molar-refractivity contribution in [2.24, 2.45) is 11.8 Å². The van der Waals surface area contributed by atoms with Crippen LogP contribution in [-0.4, -0.2) is 10.9 Å².